The molecule has 0 saturated carbocycles. The van der Waals surface area contributed by atoms with E-state index in [2.05, 4.69) is 19.2 Å². The number of ether oxygens (including phenoxy) is 4. The summed E-state index contributed by atoms with van der Waals surface area (Å²) in [5.74, 6) is -0.507. The first-order valence-electron chi connectivity index (χ1n) is 16.0. The first kappa shape index (κ1) is 35.9. The molecule has 0 unspecified atom stereocenters. The lowest BCUT2D eigenvalue weighted by Crippen LogP contribution is -2.15. The van der Waals surface area contributed by atoms with Crippen LogP contribution in [0, 0.1) is 0 Å². The number of nitrogens with one attached hydrogen (secondary N) is 1. The van der Waals surface area contributed by atoms with E-state index < -0.39 is 0 Å². The number of unbranched alkanes of at least 4 members (excludes halogenated alkanes) is 13. The fourth-order valence-corrected chi connectivity index (χ4v) is 4.31. The van der Waals surface area contributed by atoms with Gasteiger partial charge in [-0.1, -0.05) is 97.3 Å². The van der Waals surface area contributed by atoms with E-state index in [0.29, 0.717) is 38.4 Å². The number of esters is 2. The van der Waals surface area contributed by atoms with Crippen molar-refractivity contribution in [2.24, 2.45) is 0 Å². The first-order chi connectivity index (χ1) is 19.7. The van der Waals surface area contributed by atoms with Crippen LogP contribution in [0.25, 0.3) is 0 Å². The smallest absolute Gasteiger partial charge is 0.338 e. The van der Waals surface area contributed by atoms with E-state index in [9.17, 15) is 9.59 Å². The third-order valence-corrected chi connectivity index (χ3v) is 6.79. The molecule has 1 N–H and O–H groups in total. The Bertz CT molecular complexity index is 724. The van der Waals surface area contributed by atoms with Crippen LogP contribution >= 0.6 is 0 Å². The number of rotatable bonds is 28. The summed E-state index contributed by atoms with van der Waals surface area (Å²) in [7, 11) is 0. The van der Waals surface area contributed by atoms with Gasteiger partial charge in [0.2, 0.25) is 0 Å². The van der Waals surface area contributed by atoms with Crippen LogP contribution in [-0.2, 0) is 23.7 Å². The molecule has 0 aliphatic carbocycles. The highest BCUT2D eigenvalue weighted by molar-refractivity contribution is 5.89. The monoisotopic (exact) mass is 563 g/mol. The summed E-state index contributed by atoms with van der Waals surface area (Å²) in [6, 6.07) is 7.30. The van der Waals surface area contributed by atoms with Crippen molar-refractivity contribution in [2.45, 2.75) is 117 Å². The Balaban J connectivity index is 1.83. The highest BCUT2D eigenvalue weighted by Gasteiger charge is 2.07. The molecule has 0 aromatic heterocycles. The van der Waals surface area contributed by atoms with Gasteiger partial charge < -0.3 is 24.3 Å². The molecule has 1 aromatic rings. The van der Waals surface area contributed by atoms with Crippen molar-refractivity contribution >= 4 is 17.6 Å². The summed E-state index contributed by atoms with van der Waals surface area (Å²) in [5, 5.41) is 3.32. The summed E-state index contributed by atoms with van der Waals surface area (Å²) in [4.78, 5) is 23.9. The van der Waals surface area contributed by atoms with Crippen LogP contribution < -0.4 is 5.32 Å². The molecule has 0 saturated heterocycles. The summed E-state index contributed by atoms with van der Waals surface area (Å²) >= 11 is 0. The minimum absolute atomic E-state index is 0.146. The van der Waals surface area contributed by atoms with Gasteiger partial charge in [0.25, 0.3) is 0 Å². The topological polar surface area (TPSA) is 83.1 Å². The van der Waals surface area contributed by atoms with Gasteiger partial charge in [0.1, 0.15) is 13.2 Å². The Morgan fingerprint density at radius 1 is 0.575 bits per heavy atom. The first-order valence-corrected chi connectivity index (χ1v) is 16.0. The van der Waals surface area contributed by atoms with Crippen molar-refractivity contribution in [3.8, 4) is 0 Å². The Kier molecular flexibility index (Phi) is 24.3. The summed E-state index contributed by atoms with van der Waals surface area (Å²) in [6.45, 7) is 7.24. The molecule has 40 heavy (non-hydrogen) atoms. The van der Waals surface area contributed by atoms with Gasteiger partial charge in [0.05, 0.1) is 32.0 Å². The zero-order valence-electron chi connectivity index (χ0n) is 25.5. The predicted octanol–water partition coefficient (Wildman–Crippen LogP) is 8.11. The van der Waals surface area contributed by atoms with E-state index in [-0.39, 0.29) is 25.2 Å². The third-order valence-electron chi connectivity index (χ3n) is 6.79. The molecule has 0 radical (unpaired) electrons. The minimum Gasteiger partial charge on any atom is -0.463 e. The molecule has 0 bridgehead atoms. The normalized spacial score (nSPS) is 10.9. The van der Waals surface area contributed by atoms with Crippen molar-refractivity contribution in [3.63, 3.8) is 0 Å². The van der Waals surface area contributed by atoms with Crippen molar-refractivity contribution in [2.75, 3.05) is 51.5 Å². The van der Waals surface area contributed by atoms with E-state index in [1.807, 2.05) is 12.1 Å². The molecule has 0 heterocycles. The molecule has 1 aromatic carbocycles. The van der Waals surface area contributed by atoms with Gasteiger partial charge in [-0.2, -0.15) is 0 Å². The maximum Gasteiger partial charge on any atom is 0.338 e. The number of anilines is 1. The van der Waals surface area contributed by atoms with E-state index in [1.165, 1.54) is 70.6 Å². The average Bonchev–Trinajstić information content (AvgIpc) is 2.96. The molecule has 0 amide bonds. The molecule has 0 aliphatic rings. The van der Waals surface area contributed by atoms with Crippen molar-refractivity contribution < 1.29 is 28.5 Å². The van der Waals surface area contributed by atoms with Gasteiger partial charge in [-0.15, -0.1) is 0 Å². The molecular formula is C33H57NO6. The highest BCUT2D eigenvalue weighted by Crippen LogP contribution is 2.13. The van der Waals surface area contributed by atoms with E-state index in [4.69, 9.17) is 18.9 Å². The zero-order valence-corrected chi connectivity index (χ0v) is 25.5. The van der Waals surface area contributed by atoms with Crippen molar-refractivity contribution in [1.29, 1.82) is 0 Å². The molecule has 7 nitrogen and oxygen atoms in total. The lowest BCUT2D eigenvalue weighted by molar-refractivity contribution is -0.145. The second-order valence-corrected chi connectivity index (χ2v) is 10.4. The third kappa shape index (κ3) is 21.7. The molecule has 1 rings (SSSR count). The molecular weight excluding hydrogens is 506 g/mol. The number of carbonyl (C=O) groups is 2. The van der Waals surface area contributed by atoms with E-state index in [0.717, 1.165) is 37.9 Å². The van der Waals surface area contributed by atoms with Crippen LogP contribution in [0.4, 0.5) is 5.69 Å². The van der Waals surface area contributed by atoms with Gasteiger partial charge in [-0.25, -0.2) is 4.79 Å². The maximum atomic E-state index is 12.1. The van der Waals surface area contributed by atoms with E-state index >= 15 is 0 Å². The molecule has 0 atom stereocenters. The van der Waals surface area contributed by atoms with Gasteiger partial charge >= 0.3 is 11.9 Å². The van der Waals surface area contributed by atoms with Gasteiger partial charge in [-0.3, -0.25) is 4.79 Å². The number of carbonyl (C=O) groups excluding carboxylic acids is 2. The summed E-state index contributed by atoms with van der Waals surface area (Å²) < 4.78 is 21.3. The molecule has 0 spiro atoms. The van der Waals surface area contributed by atoms with Crippen LogP contribution in [0.5, 0.6) is 0 Å². The second-order valence-electron chi connectivity index (χ2n) is 10.4. The SMILES string of the molecule is CCCCCCCCCCCCCCCC(=O)OCCOCCOCCOC(=O)c1ccc(NCCCC)cc1. The van der Waals surface area contributed by atoms with Gasteiger partial charge in [-0.05, 0) is 37.1 Å². The fraction of sp³-hybridized carbons (Fsp3) is 0.758. The summed E-state index contributed by atoms with van der Waals surface area (Å²) in [6.07, 6.45) is 19.5. The molecule has 0 fully saturated rings. The standard InChI is InChI=1S/C33H57NO6/c1-3-5-7-8-9-10-11-12-13-14-15-16-17-18-32(35)39-28-26-37-24-25-38-27-29-40-33(36)30-19-21-31(22-20-30)34-23-6-4-2/h19-22,34H,3-18,23-29H2,1-2H3. The largest absolute Gasteiger partial charge is 0.463 e. The van der Waals surface area contributed by atoms with Crippen LogP contribution in [0.2, 0.25) is 0 Å². The Morgan fingerprint density at radius 3 is 1.60 bits per heavy atom. The van der Waals surface area contributed by atoms with Crippen molar-refractivity contribution in [1.82, 2.24) is 0 Å². The highest BCUT2D eigenvalue weighted by atomic mass is 16.6. The van der Waals surface area contributed by atoms with Crippen LogP contribution in [0.15, 0.2) is 24.3 Å². The molecule has 7 heteroatoms. The number of hydrogen-bond acceptors (Lipinski definition) is 7. The minimum atomic E-state index is -0.361. The van der Waals surface area contributed by atoms with Crippen LogP contribution in [0.1, 0.15) is 127 Å². The van der Waals surface area contributed by atoms with Gasteiger partial charge in [0.15, 0.2) is 0 Å². The van der Waals surface area contributed by atoms with Crippen molar-refractivity contribution in [3.05, 3.63) is 29.8 Å². The number of hydrogen-bond donors (Lipinski definition) is 1. The van der Waals surface area contributed by atoms with E-state index in [1.54, 1.807) is 12.1 Å². The fourth-order valence-electron chi connectivity index (χ4n) is 4.31. The predicted molar refractivity (Wildman–Crippen MR) is 163 cm³/mol. The van der Waals surface area contributed by atoms with Crippen LogP contribution in [0.3, 0.4) is 0 Å². The Morgan fingerprint density at radius 2 is 1.05 bits per heavy atom. The lowest BCUT2D eigenvalue weighted by Gasteiger charge is -2.09. The van der Waals surface area contributed by atoms with Crippen LogP contribution in [-0.4, -0.2) is 58.1 Å². The zero-order chi connectivity index (χ0) is 28.9. The number of benzene rings is 1. The second kappa shape index (κ2) is 27.1. The van der Waals surface area contributed by atoms with Gasteiger partial charge in [0, 0.05) is 18.7 Å². The quantitative estimate of drug-likeness (QED) is 0.0814. The maximum absolute atomic E-state index is 12.1. The summed E-state index contributed by atoms with van der Waals surface area (Å²) in [5.41, 5.74) is 1.52. The lowest BCUT2D eigenvalue weighted by atomic mass is 10.0. The Labute approximate surface area is 244 Å². The molecule has 0 aliphatic heterocycles. The Hall–Kier alpha value is -2.12. The average molecular weight is 564 g/mol. The molecule has 230 valence electrons.